The van der Waals surface area contributed by atoms with E-state index in [-0.39, 0.29) is 54.7 Å². The summed E-state index contributed by atoms with van der Waals surface area (Å²) in [5, 5.41) is 22.2. The summed E-state index contributed by atoms with van der Waals surface area (Å²) in [5.41, 5.74) is 2.02. The zero-order valence-corrected chi connectivity index (χ0v) is 36.3. The first-order chi connectivity index (χ1) is 31.5. The highest BCUT2D eigenvalue weighted by Gasteiger charge is 2.34. The Morgan fingerprint density at radius 1 is 0.892 bits per heavy atom. The van der Waals surface area contributed by atoms with Crippen molar-refractivity contribution in [2.75, 3.05) is 13.3 Å². The van der Waals surface area contributed by atoms with Gasteiger partial charge >= 0.3 is 17.9 Å². The van der Waals surface area contributed by atoms with Crippen LogP contribution >= 0.6 is 0 Å². The number of rotatable bonds is 25. The molecule has 0 saturated carbocycles. The monoisotopic (exact) mass is 892 g/mol. The first kappa shape index (κ1) is 48.3. The number of benzene rings is 3. The highest BCUT2D eigenvalue weighted by Crippen LogP contribution is 2.30. The minimum atomic E-state index is -1.49. The highest BCUT2D eigenvalue weighted by molar-refractivity contribution is 6.00. The van der Waals surface area contributed by atoms with Gasteiger partial charge in [0, 0.05) is 18.0 Å². The van der Waals surface area contributed by atoms with Crippen molar-refractivity contribution in [3.8, 4) is 22.8 Å². The molecule has 2 aromatic heterocycles. The van der Waals surface area contributed by atoms with Crippen LogP contribution in [0.4, 0.5) is 0 Å². The number of amides is 4. The Kier molecular flexibility index (Phi) is 18.0. The van der Waals surface area contributed by atoms with Crippen molar-refractivity contribution in [3.05, 3.63) is 126 Å². The molecule has 5 rings (SSSR count). The lowest BCUT2D eigenvalue weighted by Gasteiger charge is -2.31. The third-order valence-electron chi connectivity index (χ3n) is 10.2. The molecule has 18 heteroatoms. The molecule has 342 valence electrons. The van der Waals surface area contributed by atoms with E-state index in [1.165, 1.54) is 30.3 Å². The minimum Gasteiger partial charge on any atom is -0.493 e. The van der Waals surface area contributed by atoms with Crippen LogP contribution in [0.5, 0.6) is 5.75 Å². The van der Waals surface area contributed by atoms with Crippen molar-refractivity contribution >= 4 is 42.0 Å². The van der Waals surface area contributed by atoms with Crippen LogP contribution in [-0.4, -0.2) is 87.3 Å². The van der Waals surface area contributed by atoms with Gasteiger partial charge in [0.2, 0.25) is 12.3 Å². The number of hydrogen-bond donors (Lipinski definition) is 4. The van der Waals surface area contributed by atoms with E-state index in [0.717, 1.165) is 23.6 Å². The van der Waals surface area contributed by atoms with E-state index in [1.807, 2.05) is 6.92 Å². The molecule has 0 unspecified atom stereocenters. The quantitative estimate of drug-likeness (QED) is 0.0177. The Bertz CT molecular complexity index is 2380. The lowest BCUT2D eigenvalue weighted by Crippen LogP contribution is -2.49. The van der Waals surface area contributed by atoms with E-state index in [4.69, 9.17) is 18.7 Å². The number of aromatic nitrogens is 2. The standard InChI is InChI=1S/C47H52N6O12/c1-4-7-9-15-35(38(5-2)53(30-54)65-46(60)32-16-19-34(20-17-32)52-25-12-24-50-52)43(57)48-29-49-45(59)40-23-22-39(64-40)33-18-21-36(41(26-33)62-6-3)44(58)51-37(27-42(55)56)47(61)63-28-31-13-10-8-11-14-31/h8,10-14,16-26,30,35,37-38H,4-7,9,15,27-29H2,1-3H3,(H,48,57)(H,49,59)(H,51,58)(H,55,56)/t35-,37+,38-/m1/s1. The molecule has 0 bridgehead atoms. The number of carbonyl (C=O) groups excluding carboxylic acids is 6. The summed E-state index contributed by atoms with van der Waals surface area (Å²) in [4.78, 5) is 95.7. The van der Waals surface area contributed by atoms with Gasteiger partial charge in [-0.1, -0.05) is 69.5 Å². The fourth-order valence-electron chi connectivity index (χ4n) is 6.86. The van der Waals surface area contributed by atoms with Crippen LogP contribution in [0.25, 0.3) is 17.0 Å². The molecule has 18 nitrogen and oxygen atoms in total. The van der Waals surface area contributed by atoms with E-state index in [1.54, 1.807) is 91.6 Å². The third kappa shape index (κ3) is 13.6. The summed E-state index contributed by atoms with van der Waals surface area (Å²) in [6.07, 6.45) is 6.06. The Morgan fingerprint density at radius 2 is 1.66 bits per heavy atom. The van der Waals surface area contributed by atoms with Crippen LogP contribution in [0, 0.1) is 5.92 Å². The summed E-state index contributed by atoms with van der Waals surface area (Å²) in [7, 11) is 0. The topological polar surface area (TPSA) is 238 Å². The Morgan fingerprint density at radius 3 is 2.32 bits per heavy atom. The Balaban J connectivity index is 1.20. The molecule has 65 heavy (non-hydrogen) atoms. The first-order valence-electron chi connectivity index (χ1n) is 21.2. The number of carboxylic acids is 1. The molecule has 4 amide bonds. The number of unbranched alkanes of at least 4 members (excludes halogenated alkanes) is 2. The molecular weight excluding hydrogens is 841 g/mol. The van der Waals surface area contributed by atoms with Crippen LogP contribution in [0.3, 0.4) is 0 Å². The maximum atomic E-state index is 13.7. The van der Waals surface area contributed by atoms with Crippen molar-refractivity contribution in [1.29, 1.82) is 0 Å². The molecule has 0 aliphatic heterocycles. The summed E-state index contributed by atoms with van der Waals surface area (Å²) < 4.78 is 18.5. The minimum absolute atomic E-state index is 0.00598. The van der Waals surface area contributed by atoms with Crippen LogP contribution in [0.2, 0.25) is 0 Å². The molecule has 0 saturated heterocycles. The van der Waals surface area contributed by atoms with Gasteiger partial charge in [0.1, 0.15) is 24.2 Å². The Labute approximate surface area is 375 Å². The van der Waals surface area contributed by atoms with Gasteiger partial charge in [-0.15, -0.1) is 0 Å². The van der Waals surface area contributed by atoms with Gasteiger partial charge < -0.3 is 39.8 Å². The van der Waals surface area contributed by atoms with E-state index in [9.17, 15) is 38.7 Å². The summed E-state index contributed by atoms with van der Waals surface area (Å²) in [6.45, 7) is 5.23. The number of furan rings is 1. The maximum Gasteiger partial charge on any atom is 0.363 e. The number of nitrogens with zero attached hydrogens (tertiary/aromatic N) is 3. The number of ether oxygens (including phenoxy) is 2. The van der Waals surface area contributed by atoms with Gasteiger partial charge in [0.15, 0.2) is 5.76 Å². The fraction of sp³-hybridized carbons (Fsp3) is 0.319. The van der Waals surface area contributed by atoms with Crippen molar-refractivity contribution in [3.63, 3.8) is 0 Å². The van der Waals surface area contributed by atoms with Crippen molar-refractivity contribution in [1.82, 2.24) is 30.8 Å². The molecule has 3 aromatic carbocycles. The normalized spacial score (nSPS) is 12.2. The second-order valence-corrected chi connectivity index (χ2v) is 14.7. The largest absolute Gasteiger partial charge is 0.493 e. The molecule has 3 atom stereocenters. The molecule has 5 aromatic rings. The van der Waals surface area contributed by atoms with Crippen molar-refractivity contribution in [2.24, 2.45) is 5.92 Å². The average molecular weight is 893 g/mol. The predicted molar refractivity (Wildman–Crippen MR) is 234 cm³/mol. The molecule has 0 aliphatic carbocycles. The highest BCUT2D eigenvalue weighted by atomic mass is 16.7. The maximum absolute atomic E-state index is 13.7. The Hall–Kier alpha value is -7.76. The molecule has 0 radical (unpaired) electrons. The number of carbonyl (C=O) groups is 7. The van der Waals surface area contributed by atoms with Crippen LogP contribution < -0.4 is 20.7 Å². The van der Waals surface area contributed by atoms with E-state index in [2.05, 4.69) is 21.0 Å². The fourth-order valence-corrected chi connectivity index (χ4v) is 6.86. The van der Waals surface area contributed by atoms with Crippen LogP contribution in [0.1, 0.15) is 96.1 Å². The van der Waals surface area contributed by atoms with E-state index in [0.29, 0.717) is 30.4 Å². The number of hydroxylamine groups is 2. The summed E-state index contributed by atoms with van der Waals surface area (Å²) >= 11 is 0. The number of carboxylic acid groups (broad SMARTS) is 1. The number of nitrogens with one attached hydrogen (secondary N) is 3. The number of hydrogen-bond acceptors (Lipinski definition) is 12. The van der Waals surface area contributed by atoms with Gasteiger partial charge in [0.05, 0.1) is 48.5 Å². The second kappa shape index (κ2) is 24.2. The SMILES string of the molecule is CCCCC[C@@H](C(=O)NCNC(=O)c1ccc(-c2ccc(C(=O)N[C@@H](CC(=O)O)C(=O)OCc3ccccc3)c(OCC)c2)o1)[C@@H](CC)N(C=O)OC(=O)c1ccc(-n2cccn2)cc1. The molecule has 2 heterocycles. The average Bonchev–Trinajstić information content (AvgIpc) is 4.04. The van der Waals surface area contributed by atoms with Crippen LogP contribution in [-0.2, 0) is 35.4 Å². The van der Waals surface area contributed by atoms with E-state index < -0.39 is 60.1 Å². The molecule has 0 aliphatic rings. The molecule has 0 spiro atoms. The van der Waals surface area contributed by atoms with Gasteiger partial charge in [0.25, 0.3) is 11.8 Å². The molecular formula is C47H52N6O12. The summed E-state index contributed by atoms with van der Waals surface area (Å²) in [6, 6.07) is 22.1. The van der Waals surface area contributed by atoms with Gasteiger partial charge in [-0.2, -0.15) is 10.2 Å². The zero-order chi connectivity index (χ0) is 46.7. The third-order valence-corrected chi connectivity index (χ3v) is 10.2. The van der Waals surface area contributed by atoms with Gasteiger partial charge in [-0.05, 0) is 79.9 Å². The first-order valence-corrected chi connectivity index (χ1v) is 21.2. The zero-order valence-electron chi connectivity index (χ0n) is 36.3. The van der Waals surface area contributed by atoms with Crippen LogP contribution in [0.15, 0.2) is 108 Å². The smallest absolute Gasteiger partial charge is 0.363 e. The molecule has 0 fully saturated rings. The van der Waals surface area contributed by atoms with Crippen molar-refractivity contribution < 1.29 is 57.4 Å². The van der Waals surface area contributed by atoms with E-state index >= 15 is 0 Å². The second-order valence-electron chi connectivity index (χ2n) is 14.7. The van der Waals surface area contributed by atoms with Gasteiger partial charge in [-0.3, -0.25) is 24.0 Å². The molecule has 4 N–H and O–H groups in total. The number of aliphatic carboxylic acids is 1. The van der Waals surface area contributed by atoms with Gasteiger partial charge in [-0.25, -0.2) is 14.3 Å². The van der Waals surface area contributed by atoms with Crippen molar-refractivity contribution in [2.45, 2.75) is 78.0 Å². The lowest BCUT2D eigenvalue weighted by atomic mass is 9.90. The number of esters is 1. The predicted octanol–water partition coefficient (Wildman–Crippen LogP) is 5.86. The lowest BCUT2D eigenvalue weighted by molar-refractivity contribution is -0.171. The summed E-state index contributed by atoms with van der Waals surface area (Å²) in [5.74, 6) is -5.49.